The molecule has 2 saturated heterocycles. The molecule has 1 aliphatic carbocycles. The number of amides is 1. The highest BCUT2D eigenvalue weighted by atomic mass is 32.2. The third-order valence-corrected chi connectivity index (χ3v) is 6.43. The molecule has 22 heavy (non-hydrogen) atoms. The van der Waals surface area contributed by atoms with Gasteiger partial charge in [-0.05, 0) is 36.8 Å². The van der Waals surface area contributed by atoms with Gasteiger partial charge < -0.3 is 9.64 Å². The highest BCUT2D eigenvalue weighted by Gasteiger charge is 2.51. The zero-order chi connectivity index (χ0) is 15.0. The second-order valence-electron chi connectivity index (χ2n) is 6.89. The van der Waals surface area contributed by atoms with Gasteiger partial charge in [-0.15, -0.1) is 11.8 Å². The maximum atomic E-state index is 12.1. The summed E-state index contributed by atoms with van der Waals surface area (Å²) in [4.78, 5) is 18.3. The minimum atomic E-state index is 0.277. The van der Waals surface area contributed by atoms with E-state index in [1.807, 2.05) is 30.1 Å². The van der Waals surface area contributed by atoms with Crippen LogP contribution in [0.2, 0.25) is 0 Å². The second kappa shape index (κ2) is 5.85. The van der Waals surface area contributed by atoms with Crippen molar-refractivity contribution in [3.63, 3.8) is 0 Å². The van der Waals surface area contributed by atoms with Crippen molar-refractivity contribution in [2.75, 3.05) is 18.8 Å². The average molecular weight is 318 g/mol. The summed E-state index contributed by atoms with van der Waals surface area (Å²) in [6.07, 6.45) is 8.32. The number of carbonyl (C=O) groups is 1. The van der Waals surface area contributed by atoms with Crippen molar-refractivity contribution in [2.24, 2.45) is 5.92 Å². The molecular weight excluding hydrogens is 296 g/mol. The predicted molar refractivity (Wildman–Crippen MR) is 86.5 cm³/mol. The molecule has 3 aliphatic rings. The highest BCUT2D eigenvalue weighted by Crippen LogP contribution is 2.47. The maximum absolute atomic E-state index is 12.1. The number of ether oxygens (including phenoxy) is 1. The molecule has 3 fully saturated rings. The van der Waals surface area contributed by atoms with Gasteiger partial charge in [0.2, 0.25) is 5.91 Å². The summed E-state index contributed by atoms with van der Waals surface area (Å²) in [6, 6.07) is 3.99. The maximum Gasteiger partial charge on any atom is 0.222 e. The van der Waals surface area contributed by atoms with Gasteiger partial charge >= 0.3 is 0 Å². The Hall–Kier alpha value is -1.07. The van der Waals surface area contributed by atoms with Gasteiger partial charge in [0.15, 0.2) is 0 Å². The molecule has 0 aromatic carbocycles. The van der Waals surface area contributed by atoms with Crippen LogP contribution in [-0.2, 0) is 16.1 Å². The minimum absolute atomic E-state index is 0.277. The molecule has 5 heteroatoms. The van der Waals surface area contributed by atoms with Crippen LogP contribution in [-0.4, -0.2) is 45.5 Å². The smallest absolute Gasteiger partial charge is 0.222 e. The van der Waals surface area contributed by atoms with Gasteiger partial charge in [-0.1, -0.05) is 6.07 Å². The lowest BCUT2D eigenvalue weighted by molar-refractivity contribution is -0.137. The molecular formula is C17H22N2O2S. The minimum Gasteiger partial charge on any atom is -0.373 e. The van der Waals surface area contributed by atoms with Crippen molar-refractivity contribution in [3.05, 3.63) is 30.1 Å². The third kappa shape index (κ3) is 3.15. The quantitative estimate of drug-likeness (QED) is 0.836. The number of hydrogen-bond donors (Lipinski definition) is 0. The standard InChI is InChI=1S/C17H22N2O2S/c20-16(6-13-3-4-13)19-11-17(12-19)7-15(10-22-17)21-9-14-2-1-5-18-8-14/h1-2,5,8,13,15H,3-4,6-7,9-12H2/t15-/m1/s1. The first-order chi connectivity index (χ1) is 10.7. The number of nitrogens with zero attached hydrogens (tertiary/aromatic N) is 2. The first-order valence-electron chi connectivity index (χ1n) is 8.15. The fraction of sp³-hybridized carbons (Fsp3) is 0.647. The van der Waals surface area contributed by atoms with Crippen LogP contribution in [0.4, 0.5) is 0 Å². The normalized spacial score (nSPS) is 26.2. The number of hydrogen-bond acceptors (Lipinski definition) is 4. The Morgan fingerprint density at radius 1 is 1.45 bits per heavy atom. The first-order valence-corrected chi connectivity index (χ1v) is 9.13. The van der Waals surface area contributed by atoms with Crippen molar-refractivity contribution in [3.8, 4) is 0 Å². The van der Waals surface area contributed by atoms with Gasteiger partial charge in [-0.2, -0.15) is 0 Å². The van der Waals surface area contributed by atoms with Crippen molar-refractivity contribution in [1.82, 2.24) is 9.88 Å². The molecule has 0 radical (unpaired) electrons. The van der Waals surface area contributed by atoms with E-state index in [0.717, 1.165) is 37.2 Å². The molecule has 1 aromatic rings. The van der Waals surface area contributed by atoms with Crippen LogP contribution in [0, 0.1) is 5.92 Å². The van der Waals surface area contributed by atoms with Crippen LogP contribution in [0.15, 0.2) is 24.5 Å². The molecule has 3 heterocycles. The Morgan fingerprint density at radius 3 is 3.05 bits per heavy atom. The molecule has 1 spiro atoms. The second-order valence-corrected chi connectivity index (χ2v) is 8.38. The summed E-state index contributed by atoms with van der Waals surface area (Å²) in [5.41, 5.74) is 1.13. The van der Waals surface area contributed by atoms with E-state index in [-0.39, 0.29) is 4.75 Å². The third-order valence-electron chi connectivity index (χ3n) is 4.85. The Morgan fingerprint density at radius 2 is 2.32 bits per heavy atom. The number of likely N-dealkylation sites (tertiary alicyclic amines) is 1. The monoisotopic (exact) mass is 318 g/mol. The summed E-state index contributed by atoms with van der Waals surface area (Å²) in [5.74, 6) is 2.11. The fourth-order valence-corrected chi connectivity index (χ4v) is 4.90. The number of rotatable bonds is 5. The van der Waals surface area contributed by atoms with Crippen molar-refractivity contribution < 1.29 is 9.53 Å². The van der Waals surface area contributed by atoms with Gasteiger partial charge in [0.05, 0.1) is 17.5 Å². The van der Waals surface area contributed by atoms with Crippen LogP contribution in [0.25, 0.3) is 0 Å². The molecule has 0 unspecified atom stereocenters. The van der Waals surface area contributed by atoms with Crippen LogP contribution >= 0.6 is 11.8 Å². The van der Waals surface area contributed by atoms with Gasteiger partial charge in [0.1, 0.15) is 0 Å². The van der Waals surface area contributed by atoms with Crippen LogP contribution in [0.3, 0.4) is 0 Å². The molecule has 1 amide bonds. The van der Waals surface area contributed by atoms with Crippen molar-refractivity contribution in [1.29, 1.82) is 0 Å². The van der Waals surface area contributed by atoms with E-state index in [0.29, 0.717) is 24.5 Å². The van der Waals surface area contributed by atoms with Gasteiger partial charge in [-0.25, -0.2) is 0 Å². The van der Waals surface area contributed by atoms with E-state index in [9.17, 15) is 4.79 Å². The number of pyridine rings is 1. The van der Waals surface area contributed by atoms with Crippen LogP contribution in [0.5, 0.6) is 0 Å². The Bertz CT molecular complexity index is 541. The lowest BCUT2D eigenvalue weighted by Gasteiger charge is -2.47. The van der Waals surface area contributed by atoms with Gasteiger partial charge in [0.25, 0.3) is 0 Å². The zero-order valence-corrected chi connectivity index (χ0v) is 13.6. The summed E-state index contributed by atoms with van der Waals surface area (Å²) in [6.45, 7) is 2.49. The zero-order valence-electron chi connectivity index (χ0n) is 12.7. The Balaban J connectivity index is 1.22. The lowest BCUT2D eigenvalue weighted by atomic mass is 9.92. The fourth-order valence-electron chi connectivity index (χ4n) is 3.35. The molecule has 1 atom stereocenters. The Kier molecular flexibility index (Phi) is 3.86. The number of carbonyl (C=O) groups excluding carboxylic acids is 1. The first kappa shape index (κ1) is 14.5. The van der Waals surface area contributed by atoms with Crippen LogP contribution < -0.4 is 0 Å². The summed E-state index contributed by atoms with van der Waals surface area (Å²) >= 11 is 2.00. The van der Waals surface area contributed by atoms with Gasteiger partial charge in [0, 0.05) is 37.7 Å². The van der Waals surface area contributed by atoms with E-state index in [2.05, 4.69) is 9.88 Å². The predicted octanol–water partition coefficient (Wildman–Crippen LogP) is 2.48. The number of aromatic nitrogens is 1. The average Bonchev–Trinajstić information content (AvgIpc) is 3.20. The topological polar surface area (TPSA) is 42.4 Å². The molecule has 1 aromatic heterocycles. The SMILES string of the molecule is O=C(CC1CC1)N1CC2(C[C@@H](OCc3cccnc3)CS2)C1. The summed E-state index contributed by atoms with van der Waals surface area (Å²) in [5, 5.41) is 0. The lowest BCUT2D eigenvalue weighted by Crippen LogP contribution is -2.60. The molecule has 4 nitrogen and oxygen atoms in total. The van der Waals surface area contributed by atoms with E-state index < -0.39 is 0 Å². The molecule has 2 aliphatic heterocycles. The molecule has 4 rings (SSSR count). The summed E-state index contributed by atoms with van der Waals surface area (Å²) in [7, 11) is 0. The van der Waals surface area contributed by atoms with E-state index in [1.165, 1.54) is 12.8 Å². The summed E-state index contributed by atoms with van der Waals surface area (Å²) < 4.78 is 6.30. The molecule has 0 N–H and O–H groups in total. The Labute approximate surface area is 135 Å². The molecule has 0 bridgehead atoms. The largest absolute Gasteiger partial charge is 0.373 e. The van der Waals surface area contributed by atoms with Crippen molar-refractivity contribution in [2.45, 2.75) is 43.1 Å². The van der Waals surface area contributed by atoms with Gasteiger partial charge in [-0.3, -0.25) is 9.78 Å². The molecule has 1 saturated carbocycles. The molecule has 118 valence electrons. The van der Waals surface area contributed by atoms with E-state index in [4.69, 9.17) is 4.74 Å². The highest BCUT2D eigenvalue weighted by molar-refractivity contribution is 8.01. The van der Waals surface area contributed by atoms with E-state index in [1.54, 1.807) is 6.20 Å². The number of thioether (sulfide) groups is 1. The van der Waals surface area contributed by atoms with E-state index >= 15 is 0 Å². The van der Waals surface area contributed by atoms with Crippen molar-refractivity contribution >= 4 is 17.7 Å². The van der Waals surface area contributed by atoms with Crippen LogP contribution in [0.1, 0.15) is 31.2 Å².